The lowest BCUT2D eigenvalue weighted by Gasteiger charge is -2.11. The molecule has 112 valence electrons. The van der Waals surface area contributed by atoms with Crippen molar-refractivity contribution in [3.05, 3.63) is 53.9 Å². The van der Waals surface area contributed by atoms with Crippen LogP contribution in [0.25, 0.3) is 0 Å². The topological polar surface area (TPSA) is 35.0 Å². The highest BCUT2D eigenvalue weighted by Crippen LogP contribution is 2.22. The van der Waals surface area contributed by atoms with E-state index < -0.39 is 5.95 Å². The van der Waals surface area contributed by atoms with Crippen LogP contribution >= 0.6 is 0 Å². The van der Waals surface area contributed by atoms with Gasteiger partial charge in [0.05, 0.1) is 0 Å². The molecule has 0 N–H and O–H groups in total. The molecule has 0 aliphatic rings. The molecule has 0 aliphatic heterocycles. The summed E-state index contributed by atoms with van der Waals surface area (Å²) in [6.07, 6.45) is 10.6. The summed E-state index contributed by atoms with van der Waals surface area (Å²) in [7, 11) is 0. The summed E-state index contributed by atoms with van der Waals surface area (Å²) in [5.74, 6) is 0.0906. The minimum absolute atomic E-state index is 0.411. The van der Waals surface area contributed by atoms with Crippen molar-refractivity contribution in [1.82, 2.24) is 9.97 Å². The Balaban J connectivity index is 1.97. The first-order valence-corrected chi connectivity index (χ1v) is 7.45. The Morgan fingerprint density at radius 3 is 2.71 bits per heavy atom. The summed E-state index contributed by atoms with van der Waals surface area (Å²) in [6.45, 7) is 2.59. The van der Waals surface area contributed by atoms with Crippen LogP contribution in [-0.2, 0) is 13.0 Å². The van der Waals surface area contributed by atoms with Gasteiger partial charge in [-0.05, 0) is 30.5 Å². The number of aryl methyl sites for hydroxylation is 1. The second kappa shape index (κ2) is 8.35. The molecule has 0 amide bonds. The third-order valence-electron chi connectivity index (χ3n) is 3.35. The predicted molar refractivity (Wildman–Crippen MR) is 80.6 cm³/mol. The van der Waals surface area contributed by atoms with Crippen LogP contribution < -0.4 is 4.74 Å². The van der Waals surface area contributed by atoms with Gasteiger partial charge in [-0.3, -0.25) is 4.98 Å². The molecule has 0 bridgehead atoms. The lowest BCUT2D eigenvalue weighted by Crippen LogP contribution is -2.01. The predicted octanol–water partition coefficient (Wildman–Crippen LogP) is 4.32. The van der Waals surface area contributed by atoms with Gasteiger partial charge in [0, 0.05) is 30.2 Å². The Bertz CT molecular complexity index is 546. The van der Waals surface area contributed by atoms with Crippen molar-refractivity contribution < 1.29 is 9.13 Å². The molecule has 0 spiro atoms. The first-order chi connectivity index (χ1) is 10.3. The van der Waals surface area contributed by atoms with E-state index in [9.17, 15) is 4.39 Å². The Hall–Kier alpha value is -1.97. The molecule has 0 saturated carbocycles. The van der Waals surface area contributed by atoms with Crippen LogP contribution in [0.15, 0.2) is 36.8 Å². The zero-order valence-corrected chi connectivity index (χ0v) is 12.4. The lowest BCUT2D eigenvalue weighted by molar-refractivity contribution is 0.299. The molecular weight excluding hydrogens is 267 g/mol. The van der Waals surface area contributed by atoms with Gasteiger partial charge in [0.1, 0.15) is 12.4 Å². The molecule has 0 atom stereocenters. The Labute approximate surface area is 125 Å². The molecule has 0 saturated heterocycles. The van der Waals surface area contributed by atoms with Crippen LogP contribution in [0.4, 0.5) is 4.39 Å². The fourth-order valence-electron chi connectivity index (χ4n) is 2.15. The van der Waals surface area contributed by atoms with Crippen molar-refractivity contribution >= 4 is 0 Å². The molecule has 0 aliphatic carbocycles. The van der Waals surface area contributed by atoms with Gasteiger partial charge in [0.2, 0.25) is 5.95 Å². The largest absolute Gasteiger partial charge is 0.488 e. The van der Waals surface area contributed by atoms with Crippen LogP contribution in [0.1, 0.15) is 43.7 Å². The molecule has 2 heterocycles. The van der Waals surface area contributed by atoms with Crippen LogP contribution in [0.5, 0.6) is 5.75 Å². The number of rotatable bonds is 8. The van der Waals surface area contributed by atoms with E-state index in [0.29, 0.717) is 12.4 Å². The smallest absolute Gasteiger partial charge is 0.216 e. The maximum atomic E-state index is 13.3. The zero-order valence-electron chi connectivity index (χ0n) is 12.4. The molecule has 0 unspecified atom stereocenters. The third kappa shape index (κ3) is 5.14. The summed E-state index contributed by atoms with van der Waals surface area (Å²) < 4.78 is 19.1. The number of ether oxygens (including phenoxy) is 1. The monoisotopic (exact) mass is 288 g/mol. The summed E-state index contributed by atoms with van der Waals surface area (Å²) in [5.41, 5.74) is 1.99. The first kappa shape index (κ1) is 15.4. The van der Waals surface area contributed by atoms with Crippen molar-refractivity contribution in [2.75, 3.05) is 0 Å². The molecule has 0 fully saturated rings. The summed E-state index contributed by atoms with van der Waals surface area (Å²) in [5, 5.41) is 0. The minimum atomic E-state index is -0.503. The first-order valence-electron chi connectivity index (χ1n) is 7.45. The average molecular weight is 288 g/mol. The van der Waals surface area contributed by atoms with Gasteiger partial charge in [-0.2, -0.15) is 4.39 Å². The van der Waals surface area contributed by atoms with E-state index in [0.717, 1.165) is 24.0 Å². The number of halogens is 1. The van der Waals surface area contributed by atoms with Gasteiger partial charge in [-0.15, -0.1) is 0 Å². The molecule has 2 rings (SSSR count). The van der Waals surface area contributed by atoms with E-state index in [1.54, 1.807) is 18.6 Å². The van der Waals surface area contributed by atoms with Gasteiger partial charge in [-0.1, -0.05) is 26.2 Å². The van der Waals surface area contributed by atoms with Gasteiger partial charge in [0.15, 0.2) is 0 Å². The minimum Gasteiger partial charge on any atom is -0.488 e. The zero-order chi connectivity index (χ0) is 14.9. The van der Waals surface area contributed by atoms with E-state index >= 15 is 0 Å². The number of hydrogen-bond acceptors (Lipinski definition) is 3. The van der Waals surface area contributed by atoms with Crippen molar-refractivity contribution in [3.8, 4) is 5.75 Å². The molecule has 0 radical (unpaired) electrons. The van der Waals surface area contributed by atoms with Gasteiger partial charge in [0.25, 0.3) is 0 Å². The normalized spacial score (nSPS) is 10.6. The van der Waals surface area contributed by atoms with Gasteiger partial charge >= 0.3 is 0 Å². The number of aromatic nitrogens is 2. The van der Waals surface area contributed by atoms with Crippen LogP contribution in [-0.4, -0.2) is 9.97 Å². The SMILES string of the molecule is CCCCCCc1cnc(F)cc1OCc1ccncc1. The van der Waals surface area contributed by atoms with Crippen LogP contribution in [0.2, 0.25) is 0 Å². The highest BCUT2D eigenvalue weighted by atomic mass is 19.1. The van der Waals surface area contributed by atoms with E-state index in [2.05, 4.69) is 16.9 Å². The fraction of sp³-hybridized carbons (Fsp3) is 0.412. The number of unbranched alkanes of at least 4 members (excludes halogenated alkanes) is 3. The Morgan fingerprint density at radius 1 is 1.14 bits per heavy atom. The molecule has 0 aromatic carbocycles. The molecule has 21 heavy (non-hydrogen) atoms. The molecule has 4 heteroatoms. The summed E-state index contributed by atoms with van der Waals surface area (Å²) >= 11 is 0. The quantitative estimate of drug-likeness (QED) is 0.536. The molecule has 2 aromatic heterocycles. The van der Waals surface area contributed by atoms with Crippen molar-refractivity contribution in [2.45, 2.75) is 45.6 Å². The van der Waals surface area contributed by atoms with E-state index in [1.807, 2.05) is 12.1 Å². The number of hydrogen-bond donors (Lipinski definition) is 0. The molecular formula is C17H21FN2O. The highest BCUT2D eigenvalue weighted by molar-refractivity contribution is 5.31. The van der Waals surface area contributed by atoms with E-state index in [1.165, 1.54) is 25.3 Å². The van der Waals surface area contributed by atoms with Crippen molar-refractivity contribution in [1.29, 1.82) is 0 Å². The van der Waals surface area contributed by atoms with Crippen molar-refractivity contribution in [2.24, 2.45) is 0 Å². The van der Waals surface area contributed by atoms with Crippen molar-refractivity contribution in [3.63, 3.8) is 0 Å². The second-order valence-corrected chi connectivity index (χ2v) is 5.07. The maximum Gasteiger partial charge on any atom is 0.216 e. The van der Waals surface area contributed by atoms with Gasteiger partial charge < -0.3 is 4.74 Å². The fourth-order valence-corrected chi connectivity index (χ4v) is 2.15. The maximum absolute atomic E-state index is 13.3. The Kier molecular flexibility index (Phi) is 6.13. The highest BCUT2D eigenvalue weighted by Gasteiger charge is 2.07. The second-order valence-electron chi connectivity index (χ2n) is 5.07. The van der Waals surface area contributed by atoms with E-state index in [-0.39, 0.29) is 0 Å². The van der Waals surface area contributed by atoms with Gasteiger partial charge in [-0.25, -0.2) is 4.98 Å². The van der Waals surface area contributed by atoms with Crippen LogP contribution in [0, 0.1) is 5.95 Å². The average Bonchev–Trinajstić information content (AvgIpc) is 2.52. The lowest BCUT2D eigenvalue weighted by atomic mass is 10.1. The third-order valence-corrected chi connectivity index (χ3v) is 3.35. The number of pyridine rings is 2. The molecule has 3 nitrogen and oxygen atoms in total. The summed E-state index contributed by atoms with van der Waals surface area (Å²) in [4.78, 5) is 7.70. The summed E-state index contributed by atoms with van der Waals surface area (Å²) in [6, 6.07) is 5.15. The Morgan fingerprint density at radius 2 is 1.95 bits per heavy atom. The van der Waals surface area contributed by atoms with E-state index in [4.69, 9.17) is 4.74 Å². The standard InChI is InChI=1S/C17H21FN2O/c1-2-3-4-5-6-15-12-20-17(18)11-16(15)21-13-14-7-9-19-10-8-14/h7-12H,2-6,13H2,1H3. The van der Waals surface area contributed by atoms with Crippen LogP contribution in [0.3, 0.4) is 0 Å². The number of nitrogens with zero attached hydrogens (tertiary/aromatic N) is 2. The molecule has 2 aromatic rings.